The molecule has 0 unspecified atom stereocenters. The summed E-state index contributed by atoms with van der Waals surface area (Å²) in [6, 6.07) is 14.2. The van der Waals surface area contributed by atoms with Crippen LogP contribution < -0.4 is 10.6 Å². The van der Waals surface area contributed by atoms with Crippen molar-refractivity contribution in [3.8, 4) is 11.3 Å². The SMILES string of the molecule is CC(C)(C)OC(=O)N1CCC[C@@H]1CNc1cccc(-c2csc(SCC(=O)NC3CCN(Cc4ccc(Cl)c(Cl)c4)CC3)n2)c1. The maximum atomic E-state index is 12.7. The molecule has 8 nitrogen and oxygen atoms in total. The number of ether oxygens (including phenoxy) is 1. The molecule has 1 atom stereocenters. The number of hydrogen-bond donors (Lipinski definition) is 2. The number of hydrogen-bond acceptors (Lipinski definition) is 8. The molecule has 3 heterocycles. The van der Waals surface area contributed by atoms with Gasteiger partial charge in [0.25, 0.3) is 0 Å². The fourth-order valence-electron chi connectivity index (χ4n) is 5.62. The Morgan fingerprint density at radius 2 is 1.87 bits per heavy atom. The Morgan fingerprint density at radius 1 is 1.07 bits per heavy atom. The average molecular weight is 691 g/mol. The van der Waals surface area contributed by atoms with E-state index in [0.29, 0.717) is 22.3 Å². The molecule has 0 spiro atoms. The first-order valence-electron chi connectivity index (χ1n) is 15.4. The second-order valence-corrected chi connectivity index (χ2v) is 15.5. The molecular formula is C33H41Cl2N5O3S2. The van der Waals surface area contributed by atoms with Gasteiger partial charge in [0.1, 0.15) is 5.60 Å². The molecule has 2 aromatic carbocycles. The summed E-state index contributed by atoms with van der Waals surface area (Å²) in [6.07, 6.45) is 3.52. The first kappa shape index (κ1) is 33.9. The molecule has 3 aromatic rings. The van der Waals surface area contributed by atoms with Gasteiger partial charge in [0.15, 0.2) is 4.34 Å². The van der Waals surface area contributed by atoms with Crippen molar-refractivity contribution in [3.63, 3.8) is 0 Å². The summed E-state index contributed by atoms with van der Waals surface area (Å²) < 4.78 is 6.47. The Morgan fingerprint density at radius 3 is 2.62 bits per heavy atom. The maximum absolute atomic E-state index is 12.7. The zero-order chi connectivity index (χ0) is 32.0. The van der Waals surface area contributed by atoms with Crippen LogP contribution in [-0.4, -0.2) is 76.4 Å². The number of amides is 2. The maximum Gasteiger partial charge on any atom is 0.410 e. The van der Waals surface area contributed by atoms with Gasteiger partial charge in [0, 0.05) is 55.4 Å². The van der Waals surface area contributed by atoms with Crippen LogP contribution in [0.4, 0.5) is 10.5 Å². The summed E-state index contributed by atoms with van der Waals surface area (Å²) in [4.78, 5) is 34.4. The normalized spacial score (nSPS) is 17.8. The minimum Gasteiger partial charge on any atom is -0.444 e. The summed E-state index contributed by atoms with van der Waals surface area (Å²) in [5.74, 6) is 0.381. The highest BCUT2D eigenvalue weighted by Crippen LogP contribution is 2.30. The lowest BCUT2D eigenvalue weighted by molar-refractivity contribution is -0.119. The van der Waals surface area contributed by atoms with Gasteiger partial charge in [-0.3, -0.25) is 9.69 Å². The second-order valence-electron chi connectivity index (χ2n) is 12.6. The molecule has 0 bridgehead atoms. The molecule has 0 radical (unpaired) electrons. The molecular weight excluding hydrogens is 649 g/mol. The molecule has 0 saturated carbocycles. The molecule has 12 heteroatoms. The van der Waals surface area contributed by atoms with Crippen LogP contribution in [0, 0.1) is 0 Å². The fourth-order valence-corrected chi connectivity index (χ4v) is 7.58. The topological polar surface area (TPSA) is 86.8 Å². The van der Waals surface area contributed by atoms with E-state index < -0.39 is 5.60 Å². The van der Waals surface area contributed by atoms with Crippen LogP contribution in [0.25, 0.3) is 11.3 Å². The van der Waals surface area contributed by atoms with Crippen molar-refractivity contribution in [3.05, 3.63) is 63.5 Å². The van der Waals surface area contributed by atoms with Gasteiger partial charge < -0.3 is 20.3 Å². The summed E-state index contributed by atoms with van der Waals surface area (Å²) in [5, 5.41) is 9.89. The van der Waals surface area contributed by atoms with Crippen LogP contribution in [0.15, 0.2) is 52.2 Å². The average Bonchev–Trinajstić information content (AvgIpc) is 3.67. The van der Waals surface area contributed by atoms with Crippen LogP contribution in [0.1, 0.15) is 52.0 Å². The van der Waals surface area contributed by atoms with Gasteiger partial charge in [-0.15, -0.1) is 11.3 Å². The number of thioether (sulfide) groups is 1. The van der Waals surface area contributed by atoms with Crippen LogP contribution in [0.3, 0.4) is 0 Å². The van der Waals surface area contributed by atoms with Crippen molar-refractivity contribution >= 4 is 64.0 Å². The van der Waals surface area contributed by atoms with E-state index in [1.165, 1.54) is 11.8 Å². The summed E-state index contributed by atoms with van der Waals surface area (Å²) in [7, 11) is 0. The number of carbonyl (C=O) groups excluding carboxylic acids is 2. The Labute approximate surface area is 284 Å². The van der Waals surface area contributed by atoms with Crippen LogP contribution >= 0.6 is 46.3 Å². The number of rotatable bonds is 10. The molecule has 0 aliphatic carbocycles. The van der Waals surface area contributed by atoms with Gasteiger partial charge in [-0.05, 0) is 76.3 Å². The molecule has 2 fully saturated rings. The Bertz CT molecular complexity index is 1470. The Hall–Kier alpha value is -2.50. The van der Waals surface area contributed by atoms with Gasteiger partial charge >= 0.3 is 6.09 Å². The third-order valence-electron chi connectivity index (χ3n) is 7.86. The van der Waals surface area contributed by atoms with Crippen molar-refractivity contribution in [2.45, 2.75) is 75.0 Å². The number of benzene rings is 2. The third kappa shape index (κ3) is 9.99. The summed E-state index contributed by atoms with van der Waals surface area (Å²) >= 11 is 15.2. The molecule has 2 saturated heterocycles. The van der Waals surface area contributed by atoms with Gasteiger partial charge in [0.2, 0.25) is 5.91 Å². The first-order valence-corrected chi connectivity index (χ1v) is 18.0. The molecule has 2 aliphatic heterocycles. The molecule has 5 rings (SSSR count). The number of nitrogens with one attached hydrogen (secondary N) is 2. The lowest BCUT2D eigenvalue weighted by Gasteiger charge is -2.32. The highest BCUT2D eigenvalue weighted by Gasteiger charge is 2.32. The van der Waals surface area contributed by atoms with Crippen LogP contribution in [0.2, 0.25) is 10.0 Å². The van der Waals surface area contributed by atoms with E-state index in [-0.39, 0.29) is 24.1 Å². The number of nitrogens with zero attached hydrogens (tertiary/aromatic N) is 3. The number of thiazole rings is 1. The molecule has 2 aliphatic rings. The van der Waals surface area contributed by atoms with E-state index in [0.717, 1.165) is 78.7 Å². The predicted octanol–water partition coefficient (Wildman–Crippen LogP) is 7.80. The highest BCUT2D eigenvalue weighted by molar-refractivity contribution is 8.01. The number of likely N-dealkylation sites (tertiary alicyclic amines) is 2. The lowest BCUT2D eigenvalue weighted by Crippen LogP contribution is -2.44. The Balaban J connectivity index is 1.05. The minimum absolute atomic E-state index is 0.0400. The number of piperidine rings is 1. The molecule has 2 N–H and O–H groups in total. The quantitative estimate of drug-likeness (QED) is 0.210. The zero-order valence-electron chi connectivity index (χ0n) is 26.0. The first-order chi connectivity index (χ1) is 21.5. The van der Waals surface area contributed by atoms with Crippen LogP contribution in [-0.2, 0) is 16.1 Å². The van der Waals surface area contributed by atoms with Crippen molar-refractivity contribution in [1.29, 1.82) is 0 Å². The van der Waals surface area contributed by atoms with E-state index >= 15 is 0 Å². The zero-order valence-corrected chi connectivity index (χ0v) is 29.1. The third-order valence-corrected chi connectivity index (χ3v) is 10.6. The smallest absolute Gasteiger partial charge is 0.410 e. The van der Waals surface area contributed by atoms with Crippen molar-refractivity contribution in [2.75, 3.05) is 37.2 Å². The van der Waals surface area contributed by atoms with Gasteiger partial charge in [-0.2, -0.15) is 0 Å². The Kier molecular flexibility index (Phi) is 11.6. The predicted molar refractivity (Wildman–Crippen MR) is 186 cm³/mol. The summed E-state index contributed by atoms with van der Waals surface area (Å²) in [5.41, 5.74) is 3.51. The van der Waals surface area contributed by atoms with E-state index in [4.69, 9.17) is 32.9 Å². The lowest BCUT2D eigenvalue weighted by atomic mass is 10.0. The van der Waals surface area contributed by atoms with E-state index in [2.05, 4.69) is 21.6 Å². The largest absolute Gasteiger partial charge is 0.444 e. The van der Waals surface area contributed by atoms with Gasteiger partial charge in [-0.1, -0.05) is 53.2 Å². The number of anilines is 1. The summed E-state index contributed by atoms with van der Waals surface area (Å²) in [6.45, 7) is 9.73. The molecule has 45 heavy (non-hydrogen) atoms. The van der Waals surface area contributed by atoms with E-state index in [9.17, 15) is 9.59 Å². The molecule has 2 amide bonds. The van der Waals surface area contributed by atoms with E-state index in [1.807, 2.05) is 67.4 Å². The monoisotopic (exact) mass is 689 g/mol. The van der Waals surface area contributed by atoms with Crippen LogP contribution in [0.5, 0.6) is 0 Å². The fraction of sp³-hybridized carbons (Fsp3) is 0.485. The van der Waals surface area contributed by atoms with Gasteiger partial charge in [-0.25, -0.2) is 9.78 Å². The van der Waals surface area contributed by atoms with Gasteiger partial charge in [0.05, 0.1) is 27.5 Å². The van der Waals surface area contributed by atoms with Crippen molar-refractivity contribution < 1.29 is 14.3 Å². The van der Waals surface area contributed by atoms with Crippen molar-refractivity contribution in [2.24, 2.45) is 0 Å². The minimum atomic E-state index is -0.506. The number of carbonyl (C=O) groups is 2. The number of halogens is 2. The van der Waals surface area contributed by atoms with E-state index in [1.54, 1.807) is 11.3 Å². The van der Waals surface area contributed by atoms with Crippen molar-refractivity contribution in [1.82, 2.24) is 20.1 Å². The number of aromatic nitrogens is 1. The molecule has 1 aromatic heterocycles. The molecule has 242 valence electrons. The standard InChI is InChI=1S/C33H41Cl2N5O3S2/c1-33(2,3)43-32(42)40-13-5-8-26(40)18-36-25-7-4-6-23(17-25)29-20-44-31(38-29)45-21-30(41)37-24-11-14-39(15-12-24)19-22-9-10-27(34)28(35)16-22/h4,6-7,9-10,16-17,20,24,26,36H,5,8,11-15,18-19,21H2,1-3H3,(H,37,41)/t26-/m1/s1. The second kappa shape index (κ2) is 15.4. The highest BCUT2D eigenvalue weighted by atomic mass is 35.5.